The molecule has 0 atom stereocenters. The normalized spacial score (nSPS) is 18.8. The van der Waals surface area contributed by atoms with E-state index in [0.29, 0.717) is 0 Å². The first-order valence-corrected chi connectivity index (χ1v) is 7.24. The molecule has 0 radical (unpaired) electrons. The molecule has 0 unspecified atom stereocenters. The molecule has 4 rings (SSSR count). The van der Waals surface area contributed by atoms with E-state index < -0.39 is 0 Å². The zero-order valence-corrected chi connectivity index (χ0v) is 13.4. The Morgan fingerprint density at radius 3 is 2.80 bits per heavy atom. The minimum Gasteiger partial charge on any atom is -1.00 e. The van der Waals surface area contributed by atoms with Crippen LogP contribution in [0.5, 0.6) is 0 Å². The second-order valence-electron chi connectivity index (χ2n) is 5.71. The summed E-state index contributed by atoms with van der Waals surface area (Å²) in [6.07, 6.45) is 4.85. The Bertz CT molecular complexity index is 672. The monoisotopic (exact) mass is 333 g/mol. The van der Waals surface area contributed by atoms with Crippen molar-refractivity contribution >= 4 is 16.5 Å². The van der Waals surface area contributed by atoms with Crippen molar-refractivity contribution in [3.63, 3.8) is 0 Å². The van der Waals surface area contributed by atoms with E-state index in [0.717, 1.165) is 19.6 Å². The Morgan fingerprint density at radius 2 is 2.00 bits per heavy atom. The SMILES string of the molecule is CN1CC=C(c2c3ccccc3[n+]3n2CCC3)CC1.[Br-]. The number of nitrogens with zero attached hydrogens (tertiary/aromatic N) is 3. The van der Waals surface area contributed by atoms with Gasteiger partial charge in [-0.1, -0.05) is 18.2 Å². The van der Waals surface area contributed by atoms with E-state index >= 15 is 0 Å². The van der Waals surface area contributed by atoms with Crippen LogP contribution in [-0.4, -0.2) is 29.7 Å². The third-order valence-corrected chi connectivity index (χ3v) is 4.44. The molecule has 0 bridgehead atoms. The molecule has 2 aliphatic heterocycles. The van der Waals surface area contributed by atoms with E-state index in [2.05, 4.69) is 51.7 Å². The van der Waals surface area contributed by atoms with E-state index in [4.69, 9.17) is 0 Å². The van der Waals surface area contributed by atoms with Crippen molar-refractivity contribution in [2.45, 2.75) is 25.9 Å². The van der Waals surface area contributed by atoms with Crippen molar-refractivity contribution in [1.82, 2.24) is 9.58 Å². The van der Waals surface area contributed by atoms with Crippen LogP contribution in [-0.2, 0) is 13.1 Å². The van der Waals surface area contributed by atoms with Gasteiger partial charge in [0.1, 0.15) is 5.69 Å². The maximum Gasteiger partial charge on any atom is 0.239 e. The molecule has 0 aliphatic carbocycles. The molecular formula is C16H20BrN3. The van der Waals surface area contributed by atoms with Crippen molar-refractivity contribution < 1.29 is 21.7 Å². The fourth-order valence-electron chi connectivity index (χ4n) is 3.46. The van der Waals surface area contributed by atoms with Crippen LogP contribution in [0.4, 0.5) is 0 Å². The van der Waals surface area contributed by atoms with Crippen LogP contribution in [0, 0.1) is 0 Å². The zero-order valence-electron chi connectivity index (χ0n) is 11.8. The van der Waals surface area contributed by atoms with Gasteiger partial charge in [0, 0.05) is 25.6 Å². The predicted octanol–water partition coefficient (Wildman–Crippen LogP) is -0.945. The lowest BCUT2D eigenvalue weighted by atomic mass is 10.0. The number of aryl methyl sites for hydroxylation is 1. The van der Waals surface area contributed by atoms with Crippen LogP contribution < -0.4 is 21.7 Å². The summed E-state index contributed by atoms with van der Waals surface area (Å²) in [4.78, 5) is 2.38. The molecule has 3 nitrogen and oxygen atoms in total. The van der Waals surface area contributed by atoms with Crippen molar-refractivity contribution in [3.8, 4) is 0 Å². The van der Waals surface area contributed by atoms with E-state index in [-0.39, 0.29) is 17.0 Å². The van der Waals surface area contributed by atoms with Crippen molar-refractivity contribution in [1.29, 1.82) is 0 Å². The third kappa shape index (κ3) is 2.02. The third-order valence-electron chi connectivity index (χ3n) is 4.44. The Hall–Kier alpha value is -1.13. The van der Waals surface area contributed by atoms with E-state index in [1.54, 1.807) is 0 Å². The lowest BCUT2D eigenvalue weighted by Crippen LogP contribution is -3.00. The molecule has 0 spiro atoms. The molecular weight excluding hydrogens is 314 g/mol. The van der Waals surface area contributed by atoms with Gasteiger partial charge >= 0.3 is 0 Å². The number of aromatic nitrogens is 2. The molecule has 20 heavy (non-hydrogen) atoms. The fraction of sp³-hybridized carbons (Fsp3) is 0.438. The number of rotatable bonds is 1. The zero-order chi connectivity index (χ0) is 12.8. The lowest BCUT2D eigenvalue weighted by Gasteiger charge is -2.21. The van der Waals surface area contributed by atoms with Crippen molar-refractivity contribution in [3.05, 3.63) is 36.0 Å². The van der Waals surface area contributed by atoms with Crippen LogP contribution in [0.1, 0.15) is 18.5 Å². The van der Waals surface area contributed by atoms with Gasteiger partial charge in [0.2, 0.25) is 5.52 Å². The van der Waals surface area contributed by atoms with Crippen molar-refractivity contribution in [2.75, 3.05) is 20.1 Å². The summed E-state index contributed by atoms with van der Waals surface area (Å²) in [5.41, 5.74) is 4.41. The smallest absolute Gasteiger partial charge is 0.239 e. The number of benzene rings is 1. The Morgan fingerprint density at radius 1 is 1.15 bits per heavy atom. The largest absolute Gasteiger partial charge is 1.00 e. The van der Waals surface area contributed by atoms with Crippen LogP contribution in [0.25, 0.3) is 16.5 Å². The molecule has 1 aromatic carbocycles. The standard InChI is InChI=1S/C16H20N3.BrH/c1-17-11-7-13(8-12-17)16-14-5-2-3-6-15(14)18-9-4-10-19(16)18;/h2-3,5-7H,4,8-12H2,1H3;1H/q+1;/p-1. The molecule has 0 N–H and O–H groups in total. The first-order chi connectivity index (χ1) is 9.34. The highest BCUT2D eigenvalue weighted by Crippen LogP contribution is 2.29. The maximum atomic E-state index is 2.50. The number of likely N-dealkylation sites (N-methyl/N-ethyl adjacent to an activating group) is 1. The van der Waals surface area contributed by atoms with Gasteiger partial charge in [-0.3, -0.25) is 0 Å². The van der Waals surface area contributed by atoms with Crippen LogP contribution in [0.15, 0.2) is 30.3 Å². The molecule has 2 aliphatic rings. The molecule has 3 heterocycles. The molecule has 2 aromatic rings. The van der Waals surface area contributed by atoms with Gasteiger partial charge in [-0.05, 0) is 25.1 Å². The topological polar surface area (TPSA) is 12.1 Å². The first-order valence-electron chi connectivity index (χ1n) is 7.24. The summed E-state index contributed by atoms with van der Waals surface area (Å²) in [7, 11) is 2.20. The number of halogens is 1. The van der Waals surface area contributed by atoms with Gasteiger partial charge in [0.05, 0.1) is 11.9 Å². The van der Waals surface area contributed by atoms with Gasteiger partial charge < -0.3 is 21.9 Å². The average molecular weight is 334 g/mol. The Kier molecular flexibility index (Phi) is 3.69. The molecule has 0 saturated carbocycles. The quantitative estimate of drug-likeness (QED) is 0.613. The highest BCUT2D eigenvalue weighted by atomic mass is 79.9. The van der Waals surface area contributed by atoms with Gasteiger partial charge in [0.25, 0.3) is 0 Å². The maximum absolute atomic E-state index is 2.50. The highest BCUT2D eigenvalue weighted by molar-refractivity contribution is 5.89. The molecule has 0 fully saturated rings. The fourth-order valence-corrected chi connectivity index (χ4v) is 3.46. The summed E-state index contributed by atoms with van der Waals surface area (Å²) in [5.74, 6) is 0. The summed E-state index contributed by atoms with van der Waals surface area (Å²) in [5, 5.41) is 1.43. The van der Waals surface area contributed by atoms with Gasteiger partial charge in [0.15, 0.2) is 6.54 Å². The van der Waals surface area contributed by atoms with E-state index in [1.165, 1.54) is 41.6 Å². The minimum atomic E-state index is 0. The van der Waals surface area contributed by atoms with Gasteiger partial charge in [-0.25, -0.2) is 0 Å². The summed E-state index contributed by atoms with van der Waals surface area (Å²) in [6, 6.07) is 8.86. The number of hydrogen-bond donors (Lipinski definition) is 0. The summed E-state index contributed by atoms with van der Waals surface area (Å²) < 4.78 is 4.96. The second-order valence-corrected chi connectivity index (χ2v) is 5.71. The Labute approximate surface area is 130 Å². The van der Waals surface area contributed by atoms with Crippen molar-refractivity contribution in [2.24, 2.45) is 0 Å². The van der Waals surface area contributed by atoms with Gasteiger partial charge in [-0.2, -0.15) is 4.68 Å². The predicted molar refractivity (Wildman–Crippen MR) is 76.8 cm³/mol. The number of para-hydroxylation sites is 1. The lowest BCUT2D eigenvalue weighted by molar-refractivity contribution is -0.734. The van der Waals surface area contributed by atoms with Crippen LogP contribution >= 0.6 is 0 Å². The second kappa shape index (κ2) is 5.34. The van der Waals surface area contributed by atoms with Gasteiger partial charge in [-0.15, -0.1) is 4.68 Å². The summed E-state index contributed by atoms with van der Waals surface area (Å²) in [6.45, 7) is 4.57. The highest BCUT2D eigenvalue weighted by Gasteiger charge is 2.30. The van der Waals surface area contributed by atoms with Crippen LogP contribution in [0.2, 0.25) is 0 Å². The molecule has 4 heteroatoms. The molecule has 0 saturated heterocycles. The van der Waals surface area contributed by atoms with Crippen LogP contribution in [0.3, 0.4) is 0 Å². The average Bonchev–Trinajstić information content (AvgIpc) is 3.00. The molecule has 0 amide bonds. The summed E-state index contributed by atoms with van der Waals surface area (Å²) >= 11 is 0. The molecule has 1 aromatic heterocycles. The number of hydrogen-bond acceptors (Lipinski definition) is 1. The molecule has 106 valence electrons. The number of fused-ring (bicyclic) bond motifs is 3. The van der Waals surface area contributed by atoms with E-state index in [1.807, 2.05) is 0 Å². The van der Waals surface area contributed by atoms with E-state index in [9.17, 15) is 0 Å². The minimum absolute atomic E-state index is 0. The Balaban J connectivity index is 0.00000121. The first kappa shape index (κ1) is 13.8.